The van der Waals surface area contributed by atoms with Crippen LogP contribution >= 0.6 is 22.9 Å². The number of hydrogen-bond donors (Lipinski definition) is 1. The smallest absolute Gasteiger partial charge is 0.258 e. The Balaban J connectivity index is 1.55. The molecule has 6 nitrogen and oxygen atoms in total. The van der Waals surface area contributed by atoms with Crippen LogP contribution in [-0.4, -0.2) is 20.7 Å². The number of thiazole rings is 1. The number of aryl methyl sites for hydroxylation is 1. The molecule has 1 aliphatic carbocycles. The number of carbonyl (C=O) groups is 1. The second kappa shape index (κ2) is 6.93. The summed E-state index contributed by atoms with van der Waals surface area (Å²) in [7, 11) is 1.86. The lowest BCUT2D eigenvalue weighted by atomic mass is 10.1. The van der Waals surface area contributed by atoms with Crippen molar-refractivity contribution in [1.29, 1.82) is 0 Å². The van der Waals surface area contributed by atoms with Crippen molar-refractivity contribution in [3.05, 3.63) is 53.4 Å². The quantitative estimate of drug-likeness (QED) is 0.712. The number of nitrogens with one attached hydrogen (secondary N) is 1. The van der Waals surface area contributed by atoms with Gasteiger partial charge < -0.3 is 4.42 Å². The maximum atomic E-state index is 12.4. The van der Waals surface area contributed by atoms with Crippen molar-refractivity contribution in [1.82, 2.24) is 14.8 Å². The summed E-state index contributed by atoms with van der Waals surface area (Å²) < 4.78 is 7.15. The monoisotopic (exact) mass is 386 g/mol. The normalized spacial score (nSPS) is 14.1. The molecule has 0 spiro atoms. The van der Waals surface area contributed by atoms with E-state index in [-0.39, 0.29) is 5.91 Å². The summed E-state index contributed by atoms with van der Waals surface area (Å²) in [5, 5.41) is 8.37. The van der Waals surface area contributed by atoms with Crippen molar-refractivity contribution in [2.75, 3.05) is 5.32 Å². The Labute approximate surface area is 158 Å². The predicted molar refractivity (Wildman–Crippen MR) is 102 cm³/mol. The molecule has 132 valence electrons. The molecule has 0 aromatic carbocycles. The first-order valence-corrected chi connectivity index (χ1v) is 9.22. The minimum absolute atomic E-state index is 0.242. The van der Waals surface area contributed by atoms with E-state index < -0.39 is 0 Å². The van der Waals surface area contributed by atoms with Crippen LogP contribution in [-0.2, 0) is 11.8 Å². The van der Waals surface area contributed by atoms with Gasteiger partial charge in [-0.2, -0.15) is 5.10 Å². The number of allylic oxidation sites excluding steroid dienone is 2. The van der Waals surface area contributed by atoms with Gasteiger partial charge in [0.25, 0.3) is 5.91 Å². The lowest BCUT2D eigenvalue weighted by Gasteiger charge is -2.09. The Morgan fingerprint density at radius 2 is 2.35 bits per heavy atom. The van der Waals surface area contributed by atoms with Gasteiger partial charge in [0, 0.05) is 18.3 Å². The molecule has 0 bridgehead atoms. The Morgan fingerprint density at radius 3 is 3.12 bits per heavy atom. The highest BCUT2D eigenvalue weighted by Crippen LogP contribution is 2.32. The molecule has 8 heteroatoms. The molecule has 1 aliphatic rings. The van der Waals surface area contributed by atoms with Gasteiger partial charge in [-0.05, 0) is 31.0 Å². The molecule has 0 atom stereocenters. The van der Waals surface area contributed by atoms with E-state index in [1.807, 2.05) is 31.3 Å². The average Bonchev–Trinajstić information content (AvgIpc) is 3.35. The maximum Gasteiger partial charge on any atom is 0.258 e. The lowest BCUT2D eigenvalue weighted by Crippen LogP contribution is -2.15. The lowest BCUT2D eigenvalue weighted by molar-refractivity contribution is -0.112. The highest BCUT2D eigenvalue weighted by molar-refractivity contribution is 7.19. The fourth-order valence-electron chi connectivity index (χ4n) is 2.69. The first-order chi connectivity index (χ1) is 12.6. The predicted octanol–water partition coefficient (Wildman–Crippen LogP) is 4.59. The van der Waals surface area contributed by atoms with Gasteiger partial charge in [0.05, 0.1) is 22.4 Å². The van der Waals surface area contributed by atoms with Gasteiger partial charge in [-0.1, -0.05) is 35.1 Å². The molecule has 4 rings (SSSR count). The zero-order valence-electron chi connectivity index (χ0n) is 13.9. The van der Waals surface area contributed by atoms with Crippen molar-refractivity contribution >= 4 is 34.0 Å². The molecule has 3 heterocycles. The second-order valence-electron chi connectivity index (χ2n) is 5.76. The minimum Gasteiger partial charge on any atom is -0.463 e. The van der Waals surface area contributed by atoms with Crippen LogP contribution < -0.4 is 5.32 Å². The number of rotatable bonds is 4. The summed E-state index contributed by atoms with van der Waals surface area (Å²) >= 11 is 7.53. The first-order valence-electron chi connectivity index (χ1n) is 8.02. The topological polar surface area (TPSA) is 73.0 Å². The van der Waals surface area contributed by atoms with E-state index in [0.717, 1.165) is 22.7 Å². The van der Waals surface area contributed by atoms with E-state index in [1.165, 1.54) is 11.3 Å². The summed E-state index contributed by atoms with van der Waals surface area (Å²) in [6, 6.07) is 5.62. The van der Waals surface area contributed by atoms with Crippen molar-refractivity contribution in [3.8, 4) is 22.0 Å². The molecule has 0 aliphatic heterocycles. The van der Waals surface area contributed by atoms with Crippen LogP contribution in [0.5, 0.6) is 0 Å². The fraction of sp³-hybridized carbons (Fsp3) is 0.167. The number of nitrogens with zero attached hydrogens (tertiary/aromatic N) is 3. The first kappa shape index (κ1) is 16.8. The average molecular weight is 387 g/mol. The molecule has 3 aromatic heterocycles. The van der Waals surface area contributed by atoms with Crippen molar-refractivity contribution in [3.63, 3.8) is 0 Å². The molecular formula is C18H15ClN4O2S. The van der Waals surface area contributed by atoms with Crippen LogP contribution in [0.3, 0.4) is 0 Å². The molecule has 1 amide bonds. The second-order valence-corrected chi connectivity index (χ2v) is 7.25. The van der Waals surface area contributed by atoms with Gasteiger partial charge >= 0.3 is 0 Å². The summed E-state index contributed by atoms with van der Waals surface area (Å²) in [6.07, 6.45) is 8.58. The van der Waals surface area contributed by atoms with E-state index in [4.69, 9.17) is 16.0 Å². The molecule has 0 fully saturated rings. The Kier molecular flexibility index (Phi) is 4.48. The number of halogens is 1. The number of anilines is 1. The summed E-state index contributed by atoms with van der Waals surface area (Å²) in [5.74, 6) is 0.462. The van der Waals surface area contributed by atoms with Gasteiger partial charge in [-0.3, -0.25) is 14.8 Å². The highest BCUT2D eigenvalue weighted by Gasteiger charge is 2.17. The Morgan fingerprint density at radius 1 is 1.46 bits per heavy atom. The van der Waals surface area contributed by atoms with Gasteiger partial charge in [0.1, 0.15) is 5.69 Å². The van der Waals surface area contributed by atoms with E-state index in [9.17, 15) is 4.79 Å². The number of amides is 1. The third-order valence-corrected chi connectivity index (χ3v) is 5.31. The summed E-state index contributed by atoms with van der Waals surface area (Å²) in [4.78, 5) is 17.6. The minimum atomic E-state index is -0.242. The van der Waals surface area contributed by atoms with E-state index in [2.05, 4.69) is 15.4 Å². The fourth-order valence-corrected chi connectivity index (χ4v) is 3.81. The van der Waals surface area contributed by atoms with Crippen molar-refractivity contribution in [2.45, 2.75) is 12.8 Å². The van der Waals surface area contributed by atoms with Crippen LogP contribution in [0.2, 0.25) is 0 Å². The van der Waals surface area contributed by atoms with Gasteiger partial charge in [0.2, 0.25) is 0 Å². The van der Waals surface area contributed by atoms with Crippen LogP contribution in [0.4, 0.5) is 5.13 Å². The third kappa shape index (κ3) is 3.23. The largest absolute Gasteiger partial charge is 0.463 e. The molecule has 0 saturated carbocycles. The molecule has 3 aromatic rings. The van der Waals surface area contributed by atoms with E-state index >= 15 is 0 Å². The molecule has 1 N–H and O–H groups in total. The number of carbonyl (C=O) groups excluding carboxylic acids is 1. The SMILES string of the molecule is Cn1nc(-c2ccco2)cc1-c1cnc(NC(=O)C2=C(Cl)CCC=C2)s1. The Bertz CT molecular complexity index is 1010. The van der Waals surface area contributed by atoms with Crippen molar-refractivity contribution < 1.29 is 9.21 Å². The van der Waals surface area contributed by atoms with Crippen LogP contribution in [0.15, 0.2) is 57.8 Å². The van der Waals surface area contributed by atoms with Gasteiger partial charge in [-0.15, -0.1) is 0 Å². The molecule has 0 radical (unpaired) electrons. The molecular weight excluding hydrogens is 372 g/mol. The molecule has 26 heavy (non-hydrogen) atoms. The standard InChI is InChI=1S/C18H15ClN4O2S/c1-23-14(9-13(22-23)15-7-4-8-25-15)16-10-20-18(26-16)21-17(24)11-5-2-3-6-12(11)19/h2,4-5,7-10H,3,6H2,1H3,(H,20,21,24). The van der Waals surface area contributed by atoms with Gasteiger partial charge in [-0.25, -0.2) is 4.98 Å². The zero-order valence-corrected chi connectivity index (χ0v) is 15.5. The van der Waals surface area contributed by atoms with Crippen LogP contribution in [0.1, 0.15) is 12.8 Å². The van der Waals surface area contributed by atoms with Crippen molar-refractivity contribution in [2.24, 2.45) is 7.05 Å². The Hall–Kier alpha value is -2.64. The summed E-state index contributed by atoms with van der Waals surface area (Å²) in [5.41, 5.74) is 2.13. The number of aromatic nitrogens is 3. The van der Waals surface area contributed by atoms with Crippen LogP contribution in [0, 0.1) is 0 Å². The highest BCUT2D eigenvalue weighted by atomic mass is 35.5. The third-order valence-electron chi connectivity index (χ3n) is 3.98. The van der Waals surface area contributed by atoms with Gasteiger partial charge in [0.15, 0.2) is 10.9 Å². The van der Waals surface area contributed by atoms with E-state index in [1.54, 1.807) is 23.2 Å². The molecule has 0 saturated heterocycles. The zero-order chi connectivity index (χ0) is 18.1. The van der Waals surface area contributed by atoms with Crippen LogP contribution in [0.25, 0.3) is 22.0 Å². The molecule has 0 unspecified atom stereocenters. The number of furan rings is 1. The summed E-state index contributed by atoms with van der Waals surface area (Å²) in [6.45, 7) is 0. The number of hydrogen-bond acceptors (Lipinski definition) is 5. The maximum absolute atomic E-state index is 12.4. The van der Waals surface area contributed by atoms with E-state index in [0.29, 0.717) is 27.9 Å².